The molecule has 0 radical (unpaired) electrons. The highest BCUT2D eigenvalue weighted by atomic mass is 32.2. The second-order valence-electron chi connectivity index (χ2n) is 3.94. The van der Waals surface area contributed by atoms with Crippen LogP contribution in [0.5, 0.6) is 0 Å². The third kappa shape index (κ3) is 1.92. The van der Waals surface area contributed by atoms with Gasteiger partial charge in [-0.15, -0.1) is 0 Å². The van der Waals surface area contributed by atoms with Gasteiger partial charge in [0.15, 0.2) is 6.23 Å². The third-order valence-electron chi connectivity index (χ3n) is 2.71. The van der Waals surface area contributed by atoms with Crippen molar-refractivity contribution in [3.05, 3.63) is 66.2 Å². The second-order valence-corrected chi connectivity index (χ2v) is 5.72. The van der Waals surface area contributed by atoms with Crippen molar-refractivity contribution in [2.75, 3.05) is 0 Å². The summed E-state index contributed by atoms with van der Waals surface area (Å²) in [6.07, 6.45) is -0.503. The number of benzene rings is 2. The highest BCUT2D eigenvalue weighted by Crippen LogP contribution is 2.41. The fourth-order valence-electron chi connectivity index (χ4n) is 1.75. The standard InChI is InChI=1S/C13H11NO3S/c15-18(16,12-9-5-2-6-10-12)14-13(17-14)11-7-3-1-4-8-11/h1-10,13H/t13-,14?/m0/s1. The molecule has 1 aliphatic heterocycles. The van der Waals surface area contributed by atoms with Gasteiger partial charge in [-0.1, -0.05) is 48.5 Å². The van der Waals surface area contributed by atoms with Crippen molar-refractivity contribution in [3.8, 4) is 0 Å². The highest BCUT2D eigenvalue weighted by molar-refractivity contribution is 7.89. The molecule has 5 heteroatoms. The van der Waals surface area contributed by atoms with E-state index in [-0.39, 0.29) is 4.90 Å². The molecule has 1 heterocycles. The molecular weight excluding hydrogens is 250 g/mol. The predicted molar refractivity (Wildman–Crippen MR) is 65.7 cm³/mol. The molecule has 3 rings (SSSR count). The normalized spacial score (nSPS) is 22.7. The molecule has 1 unspecified atom stereocenters. The molecule has 2 atom stereocenters. The fourth-order valence-corrected chi connectivity index (χ4v) is 3.03. The highest BCUT2D eigenvalue weighted by Gasteiger charge is 2.48. The van der Waals surface area contributed by atoms with Crippen LogP contribution >= 0.6 is 0 Å². The van der Waals surface area contributed by atoms with Gasteiger partial charge in [0.05, 0.1) is 4.90 Å². The zero-order chi connectivity index (χ0) is 12.6. The Kier molecular flexibility index (Phi) is 2.66. The van der Waals surface area contributed by atoms with Crippen LogP contribution in [0.15, 0.2) is 65.6 Å². The summed E-state index contributed by atoms with van der Waals surface area (Å²) >= 11 is 0. The summed E-state index contributed by atoms with van der Waals surface area (Å²) in [5.74, 6) is 0. The number of nitrogens with zero attached hydrogens (tertiary/aromatic N) is 1. The molecule has 2 aromatic carbocycles. The van der Waals surface area contributed by atoms with Crippen LogP contribution in [-0.4, -0.2) is 12.9 Å². The number of sulfonamides is 1. The average molecular weight is 261 g/mol. The quantitative estimate of drug-likeness (QED) is 0.797. The fraction of sp³-hybridized carbons (Fsp3) is 0.0769. The first-order valence-corrected chi connectivity index (χ1v) is 6.95. The zero-order valence-electron chi connectivity index (χ0n) is 9.43. The van der Waals surface area contributed by atoms with Gasteiger partial charge in [-0.05, 0) is 16.6 Å². The lowest BCUT2D eigenvalue weighted by atomic mass is 10.2. The summed E-state index contributed by atoms with van der Waals surface area (Å²) < 4.78 is 25.4. The van der Waals surface area contributed by atoms with Crippen molar-refractivity contribution < 1.29 is 13.3 Å². The molecule has 0 aliphatic carbocycles. The molecule has 4 nitrogen and oxygen atoms in total. The largest absolute Gasteiger partial charge is 0.267 e. The maximum Gasteiger partial charge on any atom is 0.267 e. The van der Waals surface area contributed by atoms with E-state index in [2.05, 4.69) is 0 Å². The van der Waals surface area contributed by atoms with Gasteiger partial charge in [-0.3, -0.25) is 4.84 Å². The minimum absolute atomic E-state index is 0.239. The first-order chi connectivity index (χ1) is 8.69. The number of hydrogen-bond acceptors (Lipinski definition) is 3. The molecule has 1 fully saturated rings. The summed E-state index contributed by atoms with van der Waals surface area (Å²) in [6.45, 7) is 0. The molecule has 1 saturated heterocycles. The molecule has 92 valence electrons. The van der Waals surface area contributed by atoms with Crippen molar-refractivity contribution in [1.29, 1.82) is 0 Å². The van der Waals surface area contributed by atoms with Crippen molar-refractivity contribution in [1.82, 2.24) is 4.47 Å². The summed E-state index contributed by atoms with van der Waals surface area (Å²) in [5, 5.41) is 0. The molecular formula is C13H11NO3S. The minimum Gasteiger partial charge on any atom is -0.253 e. The van der Waals surface area contributed by atoms with Gasteiger partial charge in [0.2, 0.25) is 0 Å². The van der Waals surface area contributed by atoms with Crippen LogP contribution in [0.4, 0.5) is 0 Å². The van der Waals surface area contributed by atoms with Gasteiger partial charge in [0, 0.05) is 5.56 Å². The van der Waals surface area contributed by atoms with Gasteiger partial charge in [-0.25, -0.2) is 8.42 Å². The van der Waals surface area contributed by atoms with E-state index in [4.69, 9.17) is 4.84 Å². The van der Waals surface area contributed by atoms with E-state index < -0.39 is 16.3 Å². The molecule has 18 heavy (non-hydrogen) atoms. The van der Waals surface area contributed by atoms with E-state index >= 15 is 0 Å². The van der Waals surface area contributed by atoms with Crippen molar-refractivity contribution >= 4 is 10.0 Å². The van der Waals surface area contributed by atoms with E-state index in [0.717, 1.165) is 10.0 Å². The Morgan fingerprint density at radius 2 is 1.44 bits per heavy atom. The molecule has 2 aromatic rings. The Bertz CT molecular complexity index is 640. The summed E-state index contributed by atoms with van der Waals surface area (Å²) in [4.78, 5) is 5.41. The van der Waals surface area contributed by atoms with Crippen LogP contribution in [0.2, 0.25) is 0 Å². The molecule has 1 aliphatic rings. The van der Waals surface area contributed by atoms with E-state index in [0.29, 0.717) is 0 Å². The lowest BCUT2D eigenvalue weighted by molar-refractivity contribution is 0.283. The van der Waals surface area contributed by atoms with E-state index in [1.807, 2.05) is 30.3 Å². The number of rotatable bonds is 3. The number of hydrogen-bond donors (Lipinski definition) is 0. The number of hydroxylamine groups is 1. The predicted octanol–water partition coefficient (Wildman–Crippen LogP) is 2.32. The lowest BCUT2D eigenvalue weighted by Gasteiger charge is -2.01. The molecule has 0 aromatic heterocycles. The van der Waals surface area contributed by atoms with Crippen LogP contribution in [-0.2, 0) is 14.9 Å². The molecule has 0 amide bonds. The topological polar surface area (TPSA) is 49.7 Å². The Hall–Kier alpha value is -1.69. The third-order valence-corrected chi connectivity index (χ3v) is 4.33. The minimum atomic E-state index is -3.55. The molecule has 0 N–H and O–H groups in total. The maximum atomic E-state index is 12.2. The Morgan fingerprint density at radius 1 is 0.889 bits per heavy atom. The van der Waals surface area contributed by atoms with Crippen LogP contribution in [0.1, 0.15) is 11.8 Å². The summed E-state index contributed by atoms with van der Waals surface area (Å²) in [5.41, 5.74) is 0.831. The van der Waals surface area contributed by atoms with Crippen molar-refractivity contribution in [2.24, 2.45) is 0 Å². The van der Waals surface area contributed by atoms with E-state index in [1.165, 1.54) is 0 Å². The van der Waals surface area contributed by atoms with Crippen LogP contribution in [0, 0.1) is 0 Å². The first kappa shape index (κ1) is 11.4. The Morgan fingerprint density at radius 3 is 2.06 bits per heavy atom. The maximum absolute atomic E-state index is 12.2. The van der Waals surface area contributed by atoms with Crippen LogP contribution in [0.25, 0.3) is 0 Å². The van der Waals surface area contributed by atoms with Gasteiger partial charge in [-0.2, -0.15) is 0 Å². The van der Waals surface area contributed by atoms with Crippen molar-refractivity contribution in [2.45, 2.75) is 11.1 Å². The summed E-state index contributed by atoms with van der Waals surface area (Å²) in [7, 11) is -3.55. The van der Waals surface area contributed by atoms with Gasteiger partial charge in [0.25, 0.3) is 10.0 Å². The first-order valence-electron chi connectivity index (χ1n) is 5.51. The lowest BCUT2D eigenvalue weighted by Crippen LogP contribution is -2.12. The zero-order valence-corrected chi connectivity index (χ0v) is 10.2. The van der Waals surface area contributed by atoms with Crippen LogP contribution < -0.4 is 0 Å². The Labute approximate surface area is 105 Å². The molecule has 0 spiro atoms. The van der Waals surface area contributed by atoms with Crippen LogP contribution in [0.3, 0.4) is 0 Å². The SMILES string of the molecule is O=S(=O)(c1ccccc1)N1O[C@H]1c1ccccc1. The second kappa shape index (κ2) is 4.20. The van der Waals surface area contributed by atoms with Gasteiger partial charge in [0.1, 0.15) is 0 Å². The average Bonchev–Trinajstić information content (AvgIpc) is 3.22. The van der Waals surface area contributed by atoms with E-state index in [1.54, 1.807) is 30.3 Å². The summed E-state index contributed by atoms with van der Waals surface area (Å²) in [6, 6.07) is 17.5. The Balaban J connectivity index is 1.87. The van der Waals surface area contributed by atoms with E-state index in [9.17, 15) is 8.42 Å². The smallest absolute Gasteiger partial charge is 0.253 e. The van der Waals surface area contributed by atoms with Crippen molar-refractivity contribution in [3.63, 3.8) is 0 Å². The molecule has 0 bridgehead atoms. The van der Waals surface area contributed by atoms with Gasteiger partial charge >= 0.3 is 0 Å². The van der Waals surface area contributed by atoms with Gasteiger partial charge < -0.3 is 0 Å². The molecule has 0 saturated carbocycles. The monoisotopic (exact) mass is 261 g/mol.